The summed E-state index contributed by atoms with van der Waals surface area (Å²) in [5, 5.41) is 22.9. The number of nitrogens with one attached hydrogen (secondary N) is 1. The summed E-state index contributed by atoms with van der Waals surface area (Å²) in [4.78, 5) is 21.6. The smallest absolute Gasteiger partial charge is 0.324 e. The molecule has 0 fully saturated rings. The van der Waals surface area contributed by atoms with Gasteiger partial charge in [-0.2, -0.15) is 0 Å². The standard InChI is InChI=1S/C14H20N2O5/c1-3-7-15-11(14(17)18)9-21-13-6-5-10(4-2)8-12(13)16(19)20/h5-6,8,11,15H,3-4,7,9H2,1-2H3,(H,17,18). The van der Waals surface area contributed by atoms with E-state index in [1.807, 2.05) is 13.8 Å². The minimum absolute atomic E-state index is 0.0850. The first-order valence-corrected chi connectivity index (χ1v) is 6.85. The van der Waals surface area contributed by atoms with Gasteiger partial charge in [0.2, 0.25) is 0 Å². The lowest BCUT2D eigenvalue weighted by Gasteiger charge is -2.15. The van der Waals surface area contributed by atoms with Gasteiger partial charge < -0.3 is 15.2 Å². The van der Waals surface area contributed by atoms with Crippen molar-refractivity contribution in [3.63, 3.8) is 0 Å². The Labute approximate surface area is 123 Å². The molecule has 7 heteroatoms. The maximum Gasteiger partial charge on any atom is 0.324 e. The van der Waals surface area contributed by atoms with Gasteiger partial charge in [0.15, 0.2) is 5.75 Å². The van der Waals surface area contributed by atoms with E-state index in [1.165, 1.54) is 12.1 Å². The minimum Gasteiger partial charge on any atom is -0.485 e. The van der Waals surface area contributed by atoms with Crippen molar-refractivity contribution in [1.82, 2.24) is 5.32 Å². The van der Waals surface area contributed by atoms with E-state index in [2.05, 4.69) is 5.32 Å². The summed E-state index contributed by atoms with van der Waals surface area (Å²) in [6, 6.07) is 3.80. The lowest BCUT2D eigenvalue weighted by atomic mass is 10.1. The first-order chi connectivity index (χ1) is 9.99. The Morgan fingerprint density at radius 1 is 1.48 bits per heavy atom. The Kier molecular flexibility index (Phi) is 6.61. The average Bonchev–Trinajstić information content (AvgIpc) is 2.46. The first-order valence-electron chi connectivity index (χ1n) is 6.85. The predicted molar refractivity (Wildman–Crippen MR) is 77.7 cm³/mol. The second-order valence-corrected chi connectivity index (χ2v) is 4.57. The molecule has 0 bridgehead atoms. The molecule has 0 amide bonds. The summed E-state index contributed by atoms with van der Waals surface area (Å²) in [5.41, 5.74) is 0.682. The maximum atomic E-state index is 11.1. The quantitative estimate of drug-likeness (QED) is 0.533. The van der Waals surface area contributed by atoms with Gasteiger partial charge in [-0.1, -0.05) is 19.9 Å². The number of hydrogen-bond donors (Lipinski definition) is 2. The van der Waals surface area contributed by atoms with E-state index in [1.54, 1.807) is 6.07 Å². The largest absolute Gasteiger partial charge is 0.485 e. The third-order valence-electron chi connectivity index (χ3n) is 2.97. The fourth-order valence-electron chi connectivity index (χ4n) is 1.76. The van der Waals surface area contributed by atoms with Crippen molar-refractivity contribution in [1.29, 1.82) is 0 Å². The molecule has 0 aliphatic rings. The number of carboxylic acids is 1. The van der Waals surface area contributed by atoms with Crippen LogP contribution in [0.2, 0.25) is 0 Å². The average molecular weight is 296 g/mol. The second-order valence-electron chi connectivity index (χ2n) is 4.57. The number of nitro benzene ring substituents is 1. The maximum absolute atomic E-state index is 11.1. The molecule has 0 aromatic heterocycles. The van der Waals surface area contributed by atoms with E-state index in [4.69, 9.17) is 9.84 Å². The van der Waals surface area contributed by atoms with Crippen LogP contribution in [0.3, 0.4) is 0 Å². The van der Waals surface area contributed by atoms with Gasteiger partial charge >= 0.3 is 11.7 Å². The van der Waals surface area contributed by atoms with E-state index in [-0.39, 0.29) is 18.0 Å². The molecule has 0 saturated carbocycles. The van der Waals surface area contributed by atoms with Gasteiger partial charge in [0.1, 0.15) is 12.6 Å². The molecule has 0 spiro atoms. The molecule has 2 N–H and O–H groups in total. The lowest BCUT2D eigenvalue weighted by molar-refractivity contribution is -0.385. The van der Waals surface area contributed by atoms with E-state index >= 15 is 0 Å². The topological polar surface area (TPSA) is 102 Å². The third kappa shape index (κ3) is 5.03. The zero-order valence-electron chi connectivity index (χ0n) is 12.2. The highest BCUT2D eigenvalue weighted by Gasteiger charge is 2.21. The number of carboxylic acid groups (broad SMARTS) is 1. The Balaban J connectivity index is 2.81. The molecule has 1 aromatic carbocycles. The number of rotatable bonds is 9. The van der Waals surface area contributed by atoms with Crippen LogP contribution < -0.4 is 10.1 Å². The van der Waals surface area contributed by atoms with Crippen LogP contribution in [0.4, 0.5) is 5.69 Å². The van der Waals surface area contributed by atoms with Crippen LogP contribution >= 0.6 is 0 Å². The Hall–Kier alpha value is -2.15. The van der Waals surface area contributed by atoms with Gasteiger partial charge in [-0.15, -0.1) is 0 Å². The predicted octanol–water partition coefficient (Wildman–Crippen LogP) is 1.99. The monoisotopic (exact) mass is 296 g/mol. The first kappa shape index (κ1) is 16.9. The fraction of sp³-hybridized carbons (Fsp3) is 0.500. The molecule has 0 heterocycles. The SMILES string of the molecule is CCCNC(COc1ccc(CC)cc1[N+](=O)[O-])C(=O)O. The molecule has 0 aliphatic heterocycles. The van der Waals surface area contributed by atoms with E-state index < -0.39 is 16.9 Å². The highest BCUT2D eigenvalue weighted by Crippen LogP contribution is 2.28. The molecule has 0 aliphatic carbocycles. The van der Waals surface area contributed by atoms with Crippen LogP contribution in [0.1, 0.15) is 25.8 Å². The summed E-state index contributed by atoms with van der Waals surface area (Å²) in [6.45, 7) is 4.19. The Bertz CT molecular complexity index is 504. The Morgan fingerprint density at radius 3 is 2.71 bits per heavy atom. The van der Waals surface area contributed by atoms with Crippen molar-refractivity contribution in [2.75, 3.05) is 13.2 Å². The highest BCUT2D eigenvalue weighted by atomic mass is 16.6. The molecule has 7 nitrogen and oxygen atoms in total. The van der Waals surface area contributed by atoms with Crippen LogP contribution in [0.25, 0.3) is 0 Å². The molecule has 1 aromatic rings. The van der Waals surface area contributed by atoms with Crippen LogP contribution in [-0.2, 0) is 11.2 Å². The van der Waals surface area contributed by atoms with Crippen molar-refractivity contribution in [2.45, 2.75) is 32.7 Å². The molecule has 0 radical (unpaired) electrons. The number of aryl methyl sites for hydroxylation is 1. The van der Waals surface area contributed by atoms with Crippen molar-refractivity contribution in [3.05, 3.63) is 33.9 Å². The van der Waals surface area contributed by atoms with Crippen molar-refractivity contribution < 1.29 is 19.6 Å². The van der Waals surface area contributed by atoms with Crippen molar-refractivity contribution in [2.24, 2.45) is 0 Å². The van der Waals surface area contributed by atoms with Gasteiger partial charge in [-0.3, -0.25) is 14.9 Å². The van der Waals surface area contributed by atoms with E-state index in [9.17, 15) is 14.9 Å². The molecule has 21 heavy (non-hydrogen) atoms. The zero-order valence-corrected chi connectivity index (χ0v) is 12.2. The molecule has 0 saturated heterocycles. The number of benzene rings is 1. The Morgan fingerprint density at radius 2 is 2.19 bits per heavy atom. The zero-order chi connectivity index (χ0) is 15.8. The van der Waals surface area contributed by atoms with Crippen LogP contribution in [0, 0.1) is 10.1 Å². The molecule has 116 valence electrons. The van der Waals surface area contributed by atoms with Gasteiger partial charge in [0.05, 0.1) is 4.92 Å². The molecule has 1 unspecified atom stereocenters. The molecule has 1 rings (SSSR count). The summed E-state index contributed by atoms with van der Waals surface area (Å²) < 4.78 is 5.33. The van der Waals surface area contributed by atoms with Gasteiger partial charge in [-0.25, -0.2) is 0 Å². The summed E-state index contributed by atoms with van der Waals surface area (Å²) in [6.07, 6.45) is 1.46. The number of nitrogens with zero attached hydrogens (tertiary/aromatic N) is 1. The number of aliphatic carboxylic acids is 1. The van der Waals surface area contributed by atoms with Crippen LogP contribution in [0.5, 0.6) is 5.75 Å². The molecular formula is C14H20N2O5. The van der Waals surface area contributed by atoms with Gasteiger partial charge in [0.25, 0.3) is 0 Å². The van der Waals surface area contributed by atoms with Crippen LogP contribution in [0.15, 0.2) is 18.2 Å². The van der Waals surface area contributed by atoms with E-state index in [0.717, 1.165) is 12.0 Å². The fourth-order valence-corrected chi connectivity index (χ4v) is 1.76. The van der Waals surface area contributed by atoms with Crippen LogP contribution in [-0.4, -0.2) is 35.2 Å². The molecule has 1 atom stereocenters. The number of hydrogen-bond acceptors (Lipinski definition) is 5. The number of nitro groups is 1. The van der Waals surface area contributed by atoms with Gasteiger partial charge in [-0.05, 0) is 31.0 Å². The number of carbonyl (C=O) groups is 1. The second kappa shape index (κ2) is 8.21. The highest BCUT2D eigenvalue weighted by molar-refractivity contribution is 5.73. The normalized spacial score (nSPS) is 11.9. The summed E-state index contributed by atoms with van der Waals surface area (Å²) in [5.74, 6) is -0.960. The van der Waals surface area contributed by atoms with Crippen molar-refractivity contribution in [3.8, 4) is 5.75 Å². The minimum atomic E-state index is -1.05. The summed E-state index contributed by atoms with van der Waals surface area (Å²) >= 11 is 0. The van der Waals surface area contributed by atoms with Gasteiger partial charge in [0, 0.05) is 6.07 Å². The third-order valence-corrected chi connectivity index (χ3v) is 2.97. The summed E-state index contributed by atoms with van der Waals surface area (Å²) in [7, 11) is 0. The molecular weight excluding hydrogens is 276 g/mol. The number of ether oxygens (including phenoxy) is 1. The van der Waals surface area contributed by atoms with E-state index in [0.29, 0.717) is 13.0 Å². The van der Waals surface area contributed by atoms with Crippen molar-refractivity contribution >= 4 is 11.7 Å². The lowest BCUT2D eigenvalue weighted by Crippen LogP contribution is -2.41.